The van der Waals surface area contributed by atoms with E-state index in [1.165, 1.54) is 11.9 Å². The average molecular weight is 279 g/mol. The van der Waals surface area contributed by atoms with Gasteiger partial charge in [-0.25, -0.2) is 4.79 Å². The highest BCUT2D eigenvalue weighted by Gasteiger charge is 2.39. The van der Waals surface area contributed by atoms with Gasteiger partial charge >= 0.3 is 12.1 Å². The molecule has 1 fully saturated rings. The van der Waals surface area contributed by atoms with Gasteiger partial charge in [0.15, 0.2) is 0 Å². The molecule has 1 aromatic rings. The molecule has 1 aliphatic rings. The van der Waals surface area contributed by atoms with Crippen LogP contribution in [0.15, 0.2) is 30.3 Å². The summed E-state index contributed by atoms with van der Waals surface area (Å²) in [5, 5.41) is 9.06. The highest BCUT2D eigenvalue weighted by atomic mass is 16.6. The molecular weight excluding hydrogens is 262 g/mol. The lowest BCUT2D eigenvalue weighted by Gasteiger charge is -2.25. The van der Waals surface area contributed by atoms with E-state index in [9.17, 15) is 9.59 Å². The largest absolute Gasteiger partial charge is 0.481 e. The van der Waals surface area contributed by atoms with Crippen LogP contribution in [-0.4, -0.2) is 48.4 Å². The molecule has 0 bridgehead atoms. The topological polar surface area (TPSA) is 76.1 Å². The van der Waals surface area contributed by atoms with Crippen molar-refractivity contribution in [1.29, 1.82) is 0 Å². The number of benzene rings is 1. The van der Waals surface area contributed by atoms with E-state index in [-0.39, 0.29) is 19.8 Å². The van der Waals surface area contributed by atoms with Crippen LogP contribution in [0, 0.1) is 5.92 Å². The minimum Gasteiger partial charge on any atom is -0.481 e. The number of aliphatic carboxylic acids is 1. The lowest BCUT2D eigenvalue weighted by atomic mass is 10.0. The molecule has 1 N–H and O–H groups in total. The Labute approximate surface area is 116 Å². The number of carboxylic acids is 1. The van der Waals surface area contributed by atoms with Crippen molar-refractivity contribution in [3.8, 4) is 0 Å². The van der Waals surface area contributed by atoms with Gasteiger partial charge in [0.1, 0.15) is 12.5 Å². The minimum atomic E-state index is -0.963. The molecule has 1 amide bonds. The average Bonchev–Trinajstić information content (AvgIpc) is 2.94. The van der Waals surface area contributed by atoms with Crippen molar-refractivity contribution in [1.82, 2.24) is 4.90 Å². The summed E-state index contributed by atoms with van der Waals surface area (Å²) in [6.07, 6.45) is -0.546. The summed E-state index contributed by atoms with van der Waals surface area (Å²) in [5.41, 5.74) is 0.881. The first-order valence-corrected chi connectivity index (χ1v) is 6.33. The van der Waals surface area contributed by atoms with E-state index in [1.54, 1.807) is 0 Å². The van der Waals surface area contributed by atoms with Crippen LogP contribution in [0.4, 0.5) is 4.79 Å². The molecule has 1 aliphatic heterocycles. The quantitative estimate of drug-likeness (QED) is 0.900. The Hall–Kier alpha value is -2.08. The maximum atomic E-state index is 11.9. The number of nitrogens with zero attached hydrogens (tertiary/aromatic N) is 1. The SMILES string of the molecule is CN(C(=O)OCc1ccccc1)C1COCC1C(=O)O. The second kappa shape index (κ2) is 6.38. The number of carbonyl (C=O) groups excluding carboxylic acids is 1. The highest BCUT2D eigenvalue weighted by molar-refractivity contribution is 5.74. The minimum absolute atomic E-state index is 0.121. The van der Waals surface area contributed by atoms with Crippen LogP contribution in [0.2, 0.25) is 0 Å². The highest BCUT2D eigenvalue weighted by Crippen LogP contribution is 2.19. The zero-order valence-corrected chi connectivity index (χ0v) is 11.2. The van der Waals surface area contributed by atoms with Gasteiger partial charge in [-0.15, -0.1) is 0 Å². The molecule has 1 saturated heterocycles. The molecule has 6 heteroatoms. The number of likely N-dealkylation sites (N-methyl/N-ethyl adjacent to an activating group) is 1. The maximum absolute atomic E-state index is 11.9. The Morgan fingerprint density at radius 1 is 1.35 bits per heavy atom. The summed E-state index contributed by atoms with van der Waals surface area (Å²) in [4.78, 5) is 24.3. The van der Waals surface area contributed by atoms with Gasteiger partial charge in [-0.05, 0) is 5.56 Å². The second-order valence-electron chi connectivity index (χ2n) is 4.70. The Bertz CT molecular complexity index is 476. The van der Waals surface area contributed by atoms with Gasteiger partial charge in [0, 0.05) is 7.05 Å². The normalized spacial score (nSPS) is 21.4. The van der Waals surface area contributed by atoms with Gasteiger partial charge in [0.2, 0.25) is 0 Å². The van der Waals surface area contributed by atoms with Crippen molar-refractivity contribution < 1.29 is 24.2 Å². The van der Waals surface area contributed by atoms with Gasteiger partial charge < -0.3 is 19.5 Å². The molecule has 1 heterocycles. The predicted octanol–water partition coefficient (Wildman–Crippen LogP) is 1.35. The Balaban J connectivity index is 1.90. The zero-order valence-electron chi connectivity index (χ0n) is 11.2. The lowest BCUT2D eigenvalue weighted by Crippen LogP contribution is -2.44. The first-order chi connectivity index (χ1) is 9.59. The van der Waals surface area contributed by atoms with Gasteiger partial charge in [-0.3, -0.25) is 4.79 Å². The molecule has 2 unspecified atom stereocenters. The summed E-state index contributed by atoms with van der Waals surface area (Å²) in [6.45, 7) is 0.500. The number of carbonyl (C=O) groups is 2. The van der Waals surface area contributed by atoms with Gasteiger partial charge in [0.05, 0.1) is 19.3 Å². The van der Waals surface area contributed by atoms with Crippen LogP contribution >= 0.6 is 0 Å². The molecule has 1 aromatic carbocycles. The second-order valence-corrected chi connectivity index (χ2v) is 4.70. The lowest BCUT2D eigenvalue weighted by molar-refractivity contribution is -0.142. The molecule has 20 heavy (non-hydrogen) atoms. The number of amides is 1. The molecule has 0 aliphatic carbocycles. The molecular formula is C14H17NO5. The Morgan fingerprint density at radius 3 is 2.70 bits per heavy atom. The Morgan fingerprint density at radius 2 is 2.05 bits per heavy atom. The molecule has 108 valence electrons. The number of hydrogen-bond donors (Lipinski definition) is 1. The van der Waals surface area contributed by atoms with Crippen LogP contribution in [0.25, 0.3) is 0 Å². The smallest absolute Gasteiger partial charge is 0.410 e. The number of hydrogen-bond acceptors (Lipinski definition) is 4. The summed E-state index contributed by atoms with van der Waals surface area (Å²) in [6, 6.07) is 8.81. The third-order valence-corrected chi connectivity index (χ3v) is 3.36. The molecule has 0 aromatic heterocycles. The van der Waals surface area contributed by atoms with E-state index in [0.717, 1.165) is 5.56 Å². The van der Waals surface area contributed by atoms with Crippen molar-refractivity contribution >= 4 is 12.1 Å². The van der Waals surface area contributed by atoms with E-state index in [1.807, 2.05) is 30.3 Å². The third-order valence-electron chi connectivity index (χ3n) is 3.36. The number of rotatable bonds is 4. The fourth-order valence-corrected chi connectivity index (χ4v) is 2.12. The predicted molar refractivity (Wildman–Crippen MR) is 70.1 cm³/mol. The summed E-state index contributed by atoms with van der Waals surface area (Å²) in [7, 11) is 1.53. The van der Waals surface area contributed by atoms with E-state index in [4.69, 9.17) is 14.6 Å². The van der Waals surface area contributed by atoms with Crippen LogP contribution in [0.1, 0.15) is 5.56 Å². The first-order valence-electron chi connectivity index (χ1n) is 6.33. The zero-order chi connectivity index (χ0) is 14.5. The van der Waals surface area contributed by atoms with Crippen molar-refractivity contribution in [2.45, 2.75) is 12.6 Å². The molecule has 0 saturated carbocycles. The molecule has 0 radical (unpaired) electrons. The van der Waals surface area contributed by atoms with Crippen molar-refractivity contribution in [3.05, 3.63) is 35.9 Å². The number of carboxylic acid groups (broad SMARTS) is 1. The van der Waals surface area contributed by atoms with Crippen LogP contribution < -0.4 is 0 Å². The van der Waals surface area contributed by atoms with E-state index >= 15 is 0 Å². The third kappa shape index (κ3) is 3.27. The Kier molecular flexibility index (Phi) is 4.57. The fraction of sp³-hybridized carbons (Fsp3) is 0.429. The van der Waals surface area contributed by atoms with Crippen molar-refractivity contribution in [2.75, 3.05) is 20.3 Å². The first kappa shape index (κ1) is 14.3. The van der Waals surface area contributed by atoms with Crippen LogP contribution in [0.5, 0.6) is 0 Å². The van der Waals surface area contributed by atoms with Gasteiger partial charge in [-0.2, -0.15) is 0 Å². The summed E-state index contributed by atoms with van der Waals surface area (Å²) >= 11 is 0. The number of ether oxygens (including phenoxy) is 2. The molecule has 2 rings (SSSR count). The van der Waals surface area contributed by atoms with Crippen molar-refractivity contribution in [3.63, 3.8) is 0 Å². The van der Waals surface area contributed by atoms with Crippen LogP contribution in [-0.2, 0) is 20.9 Å². The molecule has 2 atom stereocenters. The van der Waals surface area contributed by atoms with E-state index < -0.39 is 24.0 Å². The summed E-state index contributed by atoms with van der Waals surface area (Å²) < 4.78 is 10.3. The fourth-order valence-electron chi connectivity index (χ4n) is 2.12. The van der Waals surface area contributed by atoms with Gasteiger partial charge in [-0.1, -0.05) is 30.3 Å². The van der Waals surface area contributed by atoms with Crippen molar-refractivity contribution in [2.24, 2.45) is 5.92 Å². The molecule has 6 nitrogen and oxygen atoms in total. The molecule has 0 spiro atoms. The van der Waals surface area contributed by atoms with E-state index in [0.29, 0.717) is 0 Å². The maximum Gasteiger partial charge on any atom is 0.410 e. The standard InChI is InChI=1S/C14H17NO5/c1-15(12-9-19-8-11(12)13(16)17)14(18)20-7-10-5-3-2-4-6-10/h2-6,11-12H,7-9H2,1H3,(H,16,17). The van der Waals surface area contributed by atoms with Gasteiger partial charge in [0.25, 0.3) is 0 Å². The van der Waals surface area contributed by atoms with E-state index in [2.05, 4.69) is 0 Å². The van der Waals surface area contributed by atoms with Crippen LogP contribution in [0.3, 0.4) is 0 Å². The summed E-state index contributed by atoms with van der Waals surface area (Å²) in [5.74, 6) is -1.67. The monoisotopic (exact) mass is 279 g/mol.